The molecule has 1 fully saturated rings. The van der Waals surface area contributed by atoms with Crippen LogP contribution in [0.4, 0.5) is 4.39 Å². The van der Waals surface area contributed by atoms with Gasteiger partial charge in [-0.05, 0) is 55.2 Å². The second-order valence-corrected chi connectivity index (χ2v) is 8.16. The molecule has 158 valence electrons. The van der Waals surface area contributed by atoms with Crippen molar-refractivity contribution in [3.63, 3.8) is 0 Å². The van der Waals surface area contributed by atoms with Gasteiger partial charge in [-0.1, -0.05) is 24.3 Å². The Labute approximate surface area is 181 Å². The zero-order valence-corrected chi connectivity index (χ0v) is 17.7. The molecule has 0 radical (unpaired) electrons. The molecule has 1 unspecified atom stereocenters. The minimum absolute atomic E-state index is 0.0629. The van der Waals surface area contributed by atoms with Crippen LogP contribution in [-0.4, -0.2) is 54.2 Å². The highest BCUT2D eigenvalue weighted by molar-refractivity contribution is 7.80. The lowest BCUT2D eigenvalue weighted by Crippen LogP contribution is -2.53. The fraction of sp³-hybridized carbons (Fsp3) is 0.391. The van der Waals surface area contributed by atoms with Crippen LogP contribution in [0.2, 0.25) is 0 Å². The molecule has 7 heteroatoms. The van der Waals surface area contributed by atoms with Crippen LogP contribution in [0.15, 0.2) is 42.5 Å². The van der Waals surface area contributed by atoms with Crippen molar-refractivity contribution < 1.29 is 18.7 Å². The summed E-state index contributed by atoms with van der Waals surface area (Å²) in [4.78, 5) is 13.5. The number of morpholine rings is 1. The minimum Gasteiger partial charge on any atom is -0.491 e. The van der Waals surface area contributed by atoms with Gasteiger partial charge in [0.25, 0.3) is 0 Å². The summed E-state index contributed by atoms with van der Waals surface area (Å²) in [5, 5.41) is 4.23. The second kappa shape index (κ2) is 9.10. The van der Waals surface area contributed by atoms with Gasteiger partial charge >= 0.3 is 0 Å². The van der Waals surface area contributed by atoms with E-state index in [1.54, 1.807) is 6.07 Å². The predicted octanol–water partition coefficient (Wildman–Crippen LogP) is 3.15. The van der Waals surface area contributed by atoms with E-state index in [4.69, 9.17) is 21.7 Å². The number of nitrogens with one attached hydrogen (secondary N) is 1. The number of benzene rings is 2. The Bertz CT molecular complexity index is 927. The first-order valence-electron chi connectivity index (χ1n) is 10.2. The standard InChI is InChI=1S/C23H25FN2O3S/c1-15(27)21-7-6-19(12-22(21)24)29-14-20-13-26(8-9-28-20)23(30)25-18-10-16-4-2-3-5-17(16)11-18/h2-7,12,18,20H,8-11,13-14H2,1H3,(H,25,30). The van der Waals surface area contributed by atoms with Crippen LogP contribution in [0.1, 0.15) is 28.4 Å². The van der Waals surface area contributed by atoms with Gasteiger partial charge in [-0.15, -0.1) is 0 Å². The molecule has 2 aromatic carbocycles. The van der Waals surface area contributed by atoms with Crippen molar-refractivity contribution >= 4 is 23.1 Å². The summed E-state index contributed by atoms with van der Waals surface area (Å²) in [6.45, 7) is 3.51. The normalized spacial score (nSPS) is 18.7. The third-order valence-electron chi connectivity index (χ3n) is 5.56. The molecule has 1 aliphatic carbocycles. The maximum absolute atomic E-state index is 14.0. The maximum Gasteiger partial charge on any atom is 0.169 e. The van der Waals surface area contributed by atoms with Crippen LogP contribution in [0, 0.1) is 5.82 Å². The highest BCUT2D eigenvalue weighted by Crippen LogP contribution is 2.22. The fourth-order valence-electron chi connectivity index (χ4n) is 3.99. The Morgan fingerprint density at radius 2 is 2.00 bits per heavy atom. The summed E-state index contributed by atoms with van der Waals surface area (Å²) in [7, 11) is 0. The Balaban J connectivity index is 1.28. The molecule has 2 aliphatic rings. The molecular weight excluding hydrogens is 403 g/mol. The van der Waals surface area contributed by atoms with E-state index >= 15 is 0 Å². The van der Waals surface area contributed by atoms with E-state index in [0.717, 1.165) is 24.5 Å². The molecule has 1 heterocycles. The molecule has 1 N–H and O–H groups in total. The Morgan fingerprint density at radius 1 is 1.27 bits per heavy atom. The fourth-order valence-corrected chi connectivity index (χ4v) is 4.32. The second-order valence-electron chi connectivity index (χ2n) is 7.77. The molecular formula is C23H25FN2O3S. The number of thiocarbonyl (C=S) groups is 1. The molecule has 0 spiro atoms. The molecule has 0 saturated carbocycles. The molecule has 4 rings (SSSR count). The first-order valence-corrected chi connectivity index (χ1v) is 10.6. The van der Waals surface area contributed by atoms with E-state index in [-0.39, 0.29) is 24.1 Å². The monoisotopic (exact) mass is 428 g/mol. The van der Waals surface area contributed by atoms with Gasteiger partial charge < -0.3 is 19.7 Å². The number of halogens is 1. The van der Waals surface area contributed by atoms with Gasteiger partial charge in [-0.2, -0.15) is 0 Å². The molecule has 1 aliphatic heterocycles. The summed E-state index contributed by atoms with van der Waals surface area (Å²) >= 11 is 5.64. The lowest BCUT2D eigenvalue weighted by atomic mass is 10.1. The quantitative estimate of drug-likeness (QED) is 0.583. The summed E-state index contributed by atoms with van der Waals surface area (Å²) in [6.07, 6.45) is 1.79. The molecule has 2 aromatic rings. The highest BCUT2D eigenvalue weighted by Gasteiger charge is 2.26. The first-order chi connectivity index (χ1) is 14.5. The van der Waals surface area contributed by atoms with Gasteiger partial charge in [0.2, 0.25) is 0 Å². The molecule has 5 nitrogen and oxygen atoms in total. The molecule has 1 saturated heterocycles. The van der Waals surface area contributed by atoms with Gasteiger partial charge in [0.1, 0.15) is 24.3 Å². The number of Topliss-reactive ketones (excluding diaryl/α,β-unsaturated/α-hetero) is 1. The third-order valence-corrected chi connectivity index (χ3v) is 5.94. The van der Waals surface area contributed by atoms with Gasteiger partial charge in [0, 0.05) is 25.2 Å². The van der Waals surface area contributed by atoms with Crippen LogP contribution in [0.25, 0.3) is 0 Å². The largest absolute Gasteiger partial charge is 0.491 e. The average molecular weight is 429 g/mol. The number of hydrogen-bond donors (Lipinski definition) is 1. The first kappa shape index (κ1) is 20.8. The average Bonchev–Trinajstić information content (AvgIpc) is 3.14. The van der Waals surface area contributed by atoms with Crippen molar-refractivity contribution in [3.8, 4) is 5.75 Å². The van der Waals surface area contributed by atoms with Gasteiger partial charge in [-0.3, -0.25) is 4.79 Å². The number of carbonyl (C=O) groups is 1. The summed E-state index contributed by atoms with van der Waals surface area (Å²) < 4.78 is 25.5. The SMILES string of the molecule is CC(=O)c1ccc(OCC2CN(C(=S)NC3Cc4ccccc4C3)CCO2)cc1F. The zero-order valence-electron chi connectivity index (χ0n) is 16.9. The number of fused-ring (bicyclic) bond motifs is 1. The Morgan fingerprint density at radius 3 is 2.67 bits per heavy atom. The summed E-state index contributed by atoms with van der Waals surface area (Å²) in [5.74, 6) is -0.506. The summed E-state index contributed by atoms with van der Waals surface area (Å²) in [6, 6.07) is 13.1. The number of hydrogen-bond acceptors (Lipinski definition) is 4. The Hall–Kier alpha value is -2.51. The predicted molar refractivity (Wildman–Crippen MR) is 117 cm³/mol. The van der Waals surface area contributed by atoms with E-state index in [1.165, 1.54) is 30.2 Å². The van der Waals surface area contributed by atoms with Gasteiger partial charge in [0.05, 0.1) is 12.2 Å². The van der Waals surface area contributed by atoms with Gasteiger partial charge in [0.15, 0.2) is 10.9 Å². The Kier molecular flexibility index (Phi) is 6.29. The molecule has 1 atom stereocenters. The van der Waals surface area contributed by atoms with Crippen molar-refractivity contribution in [2.24, 2.45) is 0 Å². The van der Waals surface area contributed by atoms with E-state index in [1.807, 2.05) is 0 Å². The highest BCUT2D eigenvalue weighted by atomic mass is 32.1. The maximum atomic E-state index is 14.0. The van der Waals surface area contributed by atoms with Crippen molar-refractivity contribution in [1.82, 2.24) is 10.2 Å². The van der Waals surface area contributed by atoms with Crippen molar-refractivity contribution in [2.45, 2.75) is 31.9 Å². The van der Waals surface area contributed by atoms with E-state index in [9.17, 15) is 9.18 Å². The van der Waals surface area contributed by atoms with Crippen LogP contribution < -0.4 is 10.1 Å². The van der Waals surface area contributed by atoms with Crippen molar-refractivity contribution in [2.75, 3.05) is 26.3 Å². The number of carbonyl (C=O) groups excluding carboxylic acids is 1. The number of ether oxygens (including phenoxy) is 2. The zero-order chi connectivity index (χ0) is 21.1. The lowest BCUT2D eigenvalue weighted by Gasteiger charge is -2.35. The third kappa shape index (κ3) is 4.79. The van der Waals surface area contributed by atoms with Crippen LogP contribution >= 0.6 is 12.2 Å². The molecule has 0 bridgehead atoms. The van der Waals surface area contributed by atoms with Crippen LogP contribution in [0.5, 0.6) is 5.75 Å². The van der Waals surface area contributed by atoms with Gasteiger partial charge in [-0.25, -0.2) is 4.39 Å². The number of rotatable bonds is 5. The van der Waals surface area contributed by atoms with Crippen LogP contribution in [0.3, 0.4) is 0 Å². The van der Waals surface area contributed by atoms with E-state index < -0.39 is 5.82 Å². The minimum atomic E-state index is -0.575. The number of nitrogens with zero attached hydrogens (tertiary/aromatic N) is 1. The topological polar surface area (TPSA) is 50.8 Å². The van der Waals surface area contributed by atoms with Crippen molar-refractivity contribution in [1.29, 1.82) is 0 Å². The summed E-state index contributed by atoms with van der Waals surface area (Å²) in [5.41, 5.74) is 2.83. The van der Waals surface area contributed by atoms with Crippen molar-refractivity contribution in [3.05, 3.63) is 65.0 Å². The molecule has 0 aromatic heterocycles. The van der Waals surface area contributed by atoms with E-state index in [2.05, 4.69) is 34.5 Å². The lowest BCUT2D eigenvalue weighted by molar-refractivity contribution is -0.0289. The van der Waals surface area contributed by atoms with E-state index in [0.29, 0.717) is 24.9 Å². The number of ketones is 1. The molecule has 30 heavy (non-hydrogen) atoms. The molecule has 0 amide bonds. The smallest absolute Gasteiger partial charge is 0.169 e. The van der Waals surface area contributed by atoms with Crippen LogP contribution in [-0.2, 0) is 17.6 Å².